The maximum Gasteiger partial charge on any atom is 0.146 e. The van der Waals surface area contributed by atoms with Gasteiger partial charge in [0.05, 0.1) is 12.8 Å². The van der Waals surface area contributed by atoms with Gasteiger partial charge < -0.3 is 10.1 Å². The first-order valence-corrected chi connectivity index (χ1v) is 6.41. The average Bonchev–Trinajstić information content (AvgIpc) is 2.41. The van der Waals surface area contributed by atoms with E-state index < -0.39 is 0 Å². The van der Waals surface area contributed by atoms with Crippen LogP contribution in [0.25, 0.3) is 0 Å². The molecule has 1 N–H and O–H groups in total. The van der Waals surface area contributed by atoms with Crippen LogP contribution in [0.15, 0.2) is 40.9 Å². The standard InChI is InChI=1S/C14H12BrF2NO/c1-19-11-3-5-13(17)14(7-11)18-8-9-6-10(16)2-4-12(9)15/h2-7,18H,8H2,1H3. The van der Waals surface area contributed by atoms with Crippen molar-refractivity contribution in [3.8, 4) is 5.75 Å². The maximum absolute atomic E-state index is 13.6. The fourth-order valence-corrected chi connectivity index (χ4v) is 2.02. The zero-order valence-corrected chi connectivity index (χ0v) is 11.8. The van der Waals surface area contributed by atoms with Crippen molar-refractivity contribution in [2.75, 3.05) is 12.4 Å². The monoisotopic (exact) mass is 327 g/mol. The SMILES string of the molecule is COc1ccc(F)c(NCc2cc(F)ccc2Br)c1. The summed E-state index contributed by atoms with van der Waals surface area (Å²) in [5.41, 5.74) is 1.03. The van der Waals surface area contributed by atoms with E-state index in [0.29, 0.717) is 23.5 Å². The van der Waals surface area contributed by atoms with Crippen LogP contribution in [0.2, 0.25) is 0 Å². The number of hydrogen-bond acceptors (Lipinski definition) is 2. The number of hydrogen-bond donors (Lipinski definition) is 1. The van der Waals surface area contributed by atoms with Crippen molar-refractivity contribution >= 4 is 21.6 Å². The minimum atomic E-state index is -0.381. The van der Waals surface area contributed by atoms with Gasteiger partial charge in [-0.3, -0.25) is 0 Å². The summed E-state index contributed by atoms with van der Waals surface area (Å²) in [5.74, 6) is -0.151. The Morgan fingerprint density at radius 1 is 1.16 bits per heavy atom. The topological polar surface area (TPSA) is 21.3 Å². The molecule has 0 aliphatic rings. The summed E-state index contributed by atoms with van der Waals surface area (Å²) < 4.78 is 32.5. The normalized spacial score (nSPS) is 10.3. The zero-order chi connectivity index (χ0) is 13.8. The molecule has 0 saturated carbocycles. The molecule has 0 aliphatic carbocycles. The van der Waals surface area contributed by atoms with E-state index in [2.05, 4.69) is 21.2 Å². The van der Waals surface area contributed by atoms with Crippen molar-refractivity contribution in [3.05, 3.63) is 58.1 Å². The molecule has 0 amide bonds. The molecule has 2 rings (SSSR count). The van der Waals surface area contributed by atoms with Crippen LogP contribution in [0.3, 0.4) is 0 Å². The van der Waals surface area contributed by atoms with Gasteiger partial charge in [0.15, 0.2) is 0 Å². The van der Waals surface area contributed by atoms with Crippen LogP contribution in [0.4, 0.5) is 14.5 Å². The Morgan fingerprint density at radius 2 is 1.95 bits per heavy atom. The lowest BCUT2D eigenvalue weighted by Crippen LogP contribution is -2.03. The largest absolute Gasteiger partial charge is 0.497 e. The van der Waals surface area contributed by atoms with Crippen molar-refractivity contribution in [1.29, 1.82) is 0 Å². The molecule has 0 radical (unpaired) electrons. The van der Waals surface area contributed by atoms with Gasteiger partial charge in [0.1, 0.15) is 17.4 Å². The van der Waals surface area contributed by atoms with E-state index in [4.69, 9.17) is 4.74 Å². The van der Waals surface area contributed by atoms with Gasteiger partial charge in [-0.1, -0.05) is 15.9 Å². The molecule has 0 spiro atoms. The summed E-state index contributed by atoms with van der Waals surface area (Å²) >= 11 is 3.33. The first-order chi connectivity index (χ1) is 9.10. The van der Waals surface area contributed by atoms with E-state index in [1.807, 2.05) is 0 Å². The van der Waals surface area contributed by atoms with Gasteiger partial charge in [0, 0.05) is 17.1 Å². The van der Waals surface area contributed by atoms with E-state index in [-0.39, 0.29) is 11.6 Å². The first-order valence-electron chi connectivity index (χ1n) is 5.61. The van der Waals surface area contributed by atoms with Gasteiger partial charge in [-0.05, 0) is 35.9 Å². The van der Waals surface area contributed by atoms with Crippen LogP contribution in [0, 0.1) is 11.6 Å². The molecule has 2 aromatic carbocycles. The smallest absolute Gasteiger partial charge is 0.146 e. The first kappa shape index (κ1) is 13.8. The summed E-state index contributed by atoms with van der Waals surface area (Å²) in [4.78, 5) is 0. The molecule has 0 unspecified atom stereocenters. The number of ether oxygens (including phenoxy) is 1. The fourth-order valence-electron chi connectivity index (χ4n) is 1.64. The predicted octanol–water partition coefficient (Wildman–Crippen LogP) is 4.35. The highest BCUT2D eigenvalue weighted by Crippen LogP contribution is 2.23. The van der Waals surface area contributed by atoms with Gasteiger partial charge in [0.25, 0.3) is 0 Å². The molecule has 5 heteroatoms. The Labute approximate surface area is 118 Å². The van der Waals surface area contributed by atoms with E-state index in [0.717, 1.165) is 4.47 Å². The number of benzene rings is 2. The van der Waals surface area contributed by atoms with Crippen molar-refractivity contribution in [2.45, 2.75) is 6.54 Å². The molecular formula is C14H12BrF2NO. The number of methoxy groups -OCH3 is 1. The highest BCUT2D eigenvalue weighted by molar-refractivity contribution is 9.10. The van der Waals surface area contributed by atoms with E-state index in [9.17, 15) is 8.78 Å². The molecule has 0 atom stereocenters. The van der Waals surface area contributed by atoms with Crippen molar-refractivity contribution in [3.63, 3.8) is 0 Å². The third-order valence-electron chi connectivity index (χ3n) is 2.65. The molecule has 2 aromatic rings. The maximum atomic E-state index is 13.6. The van der Waals surface area contributed by atoms with Gasteiger partial charge in [-0.2, -0.15) is 0 Å². The number of halogens is 3. The molecule has 0 aliphatic heterocycles. The minimum Gasteiger partial charge on any atom is -0.497 e. The highest BCUT2D eigenvalue weighted by Gasteiger charge is 2.06. The molecule has 19 heavy (non-hydrogen) atoms. The second-order valence-electron chi connectivity index (χ2n) is 3.94. The van der Waals surface area contributed by atoms with Crippen LogP contribution in [0.1, 0.15) is 5.56 Å². The van der Waals surface area contributed by atoms with Crippen LogP contribution < -0.4 is 10.1 Å². The lowest BCUT2D eigenvalue weighted by atomic mass is 10.2. The number of rotatable bonds is 4. The van der Waals surface area contributed by atoms with Crippen LogP contribution in [0.5, 0.6) is 5.75 Å². The summed E-state index contributed by atoms with van der Waals surface area (Å²) in [5, 5.41) is 2.92. The van der Waals surface area contributed by atoms with Crippen LogP contribution in [-0.2, 0) is 6.54 Å². The third kappa shape index (κ3) is 3.44. The molecule has 0 aromatic heterocycles. The predicted molar refractivity (Wildman–Crippen MR) is 74.4 cm³/mol. The van der Waals surface area contributed by atoms with Crippen molar-refractivity contribution < 1.29 is 13.5 Å². The highest BCUT2D eigenvalue weighted by atomic mass is 79.9. The van der Waals surface area contributed by atoms with Crippen LogP contribution >= 0.6 is 15.9 Å². The minimum absolute atomic E-state index is 0.308. The van der Waals surface area contributed by atoms with Gasteiger partial charge in [-0.15, -0.1) is 0 Å². The Morgan fingerprint density at radius 3 is 2.68 bits per heavy atom. The van der Waals surface area contributed by atoms with Gasteiger partial charge >= 0.3 is 0 Å². The van der Waals surface area contributed by atoms with Crippen LogP contribution in [-0.4, -0.2) is 7.11 Å². The molecular weight excluding hydrogens is 316 g/mol. The lowest BCUT2D eigenvalue weighted by molar-refractivity contribution is 0.414. The lowest BCUT2D eigenvalue weighted by Gasteiger charge is -2.10. The zero-order valence-electron chi connectivity index (χ0n) is 10.2. The Hall–Kier alpha value is -1.62. The second kappa shape index (κ2) is 6.02. The fraction of sp³-hybridized carbons (Fsp3) is 0.143. The summed E-state index contributed by atoms with van der Waals surface area (Å²) in [7, 11) is 1.51. The summed E-state index contributed by atoms with van der Waals surface area (Å²) in [6.45, 7) is 0.308. The third-order valence-corrected chi connectivity index (χ3v) is 3.42. The molecule has 2 nitrogen and oxygen atoms in total. The van der Waals surface area contributed by atoms with E-state index >= 15 is 0 Å². The Bertz CT molecular complexity index is 590. The average molecular weight is 328 g/mol. The van der Waals surface area contributed by atoms with Crippen molar-refractivity contribution in [1.82, 2.24) is 0 Å². The number of anilines is 1. The summed E-state index contributed by atoms with van der Waals surface area (Å²) in [6, 6.07) is 8.80. The van der Waals surface area contributed by atoms with E-state index in [1.54, 1.807) is 18.2 Å². The summed E-state index contributed by atoms with van der Waals surface area (Å²) in [6.07, 6.45) is 0. The molecule has 0 saturated heterocycles. The molecule has 100 valence electrons. The Balaban J connectivity index is 2.16. The Kier molecular flexibility index (Phi) is 4.37. The molecule has 0 bridgehead atoms. The van der Waals surface area contributed by atoms with E-state index in [1.165, 1.54) is 25.3 Å². The van der Waals surface area contributed by atoms with Gasteiger partial charge in [0.2, 0.25) is 0 Å². The quantitative estimate of drug-likeness (QED) is 0.901. The van der Waals surface area contributed by atoms with Crippen molar-refractivity contribution in [2.24, 2.45) is 0 Å². The van der Waals surface area contributed by atoms with Gasteiger partial charge in [-0.25, -0.2) is 8.78 Å². The second-order valence-corrected chi connectivity index (χ2v) is 4.79. The molecule has 0 heterocycles. The molecule has 0 fully saturated rings. The number of nitrogens with one attached hydrogen (secondary N) is 1.